The summed E-state index contributed by atoms with van der Waals surface area (Å²) in [5.74, 6) is 0.916. The highest BCUT2D eigenvalue weighted by atomic mass is 79.9. The Morgan fingerprint density at radius 1 is 1.47 bits per heavy atom. The first-order valence-electron chi connectivity index (χ1n) is 5.42. The van der Waals surface area contributed by atoms with Crippen LogP contribution in [0.2, 0.25) is 0 Å². The Balaban J connectivity index is 2.22. The third kappa shape index (κ3) is 1.70. The van der Waals surface area contributed by atoms with Crippen LogP contribution >= 0.6 is 15.9 Å². The molecule has 2 aromatic heterocycles. The maximum atomic E-state index is 11.9. The van der Waals surface area contributed by atoms with E-state index in [1.54, 1.807) is 6.20 Å². The van der Waals surface area contributed by atoms with E-state index in [1.165, 1.54) is 0 Å². The van der Waals surface area contributed by atoms with Gasteiger partial charge in [-0.2, -0.15) is 0 Å². The molecule has 0 aliphatic carbocycles. The second-order valence-corrected chi connectivity index (χ2v) is 7.38. The number of nitrogens with zero attached hydrogens (tertiary/aromatic N) is 2. The molecular weight excluding hydrogens is 304 g/mol. The van der Waals surface area contributed by atoms with E-state index in [-0.39, 0.29) is 5.75 Å². The van der Waals surface area contributed by atoms with Gasteiger partial charge in [-0.1, -0.05) is 0 Å². The van der Waals surface area contributed by atoms with Crippen molar-refractivity contribution in [2.75, 3.05) is 5.75 Å². The molecule has 0 aromatic carbocycles. The molecule has 1 saturated heterocycles. The maximum Gasteiger partial charge on any atom is 0.160 e. The topological polar surface area (TPSA) is 51.4 Å². The van der Waals surface area contributed by atoms with Crippen molar-refractivity contribution in [3.8, 4) is 0 Å². The summed E-state index contributed by atoms with van der Waals surface area (Å²) in [5.41, 5.74) is 0.907. The van der Waals surface area contributed by atoms with Crippen LogP contribution in [0, 0.1) is 0 Å². The minimum Gasteiger partial charge on any atom is -0.302 e. The summed E-state index contributed by atoms with van der Waals surface area (Å²) < 4.78 is 26.6. The van der Waals surface area contributed by atoms with E-state index in [0.29, 0.717) is 12.2 Å². The first-order valence-corrected chi connectivity index (χ1v) is 7.93. The molecule has 3 rings (SSSR count). The number of pyridine rings is 1. The van der Waals surface area contributed by atoms with E-state index in [4.69, 9.17) is 0 Å². The lowest BCUT2D eigenvalue weighted by molar-refractivity contribution is 0.588. The number of hydrogen-bond donors (Lipinski definition) is 0. The highest BCUT2D eigenvalue weighted by molar-refractivity contribution is 9.10. The quantitative estimate of drug-likeness (QED) is 0.812. The average Bonchev–Trinajstić information content (AvgIpc) is 2.82. The van der Waals surface area contributed by atoms with Crippen LogP contribution in [0.1, 0.15) is 23.9 Å². The van der Waals surface area contributed by atoms with Crippen molar-refractivity contribution in [2.24, 2.45) is 0 Å². The molecule has 0 N–H and O–H groups in total. The Hall–Kier alpha value is -0.880. The first kappa shape index (κ1) is 11.2. The third-order valence-electron chi connectivity index (χ3n) is 3.16. The van der Waals surface area contributed by atoms with Gasteiger partial charge in [0, 0.05) is 10.7 Å². The zero-order valence-electron chi connectivity index (χ0n) is 9.01. The highest BCUT2D eigenvalue weighted by Gasteiger charge is 2.35. The Morgan fingerprint density at radius 2 is 2.29 bits per heavy atom. The predicted octanol–water partition coefficient (Wildman–Crippen LogP) is 2.35. The van der Waals surface area contributed by atoms with Crippen molar-refractivity contribution in [3.05, 3.63) is 34.8 Å². The van der Waals surface area contributed by atoms with Crippen LogP contribution in [0.25, 0.3) is 5.52 Å². The van der Waals surface area contributed by atoms with Gasteiger partial charge in [0.05, 0.1) is 17.5 Å². The van der Waals surface area contributed by atoms with Gasteiger partial charge in [-0.25, -0.2) is 13.4 Å². The summed E-state index contributed by atoms with van der Waals surface area (Å²) in [4.78, 5) is 4.29. The Labute approximate surface area is 108 Å². The molecule has 4 nitrogen and oxygen atoms in total. The highest BCUT2D eigenvalue weighted by Crippen LogP contribution is 2.34. The van der Waals surface area contributed by atoms with Crippen molar-refractivity contribution >= 4 is 31.3 Å². The molecule has 0 amide bonds. The molecule has 6 heteroatoms. The fourth-order valence-electron chi connectivity index (χ4n) is 2.33. The van der Waals surface area contributed by atoms with Gasteiger partial charge in [0.15, 0.2) is 9.84 Å². The molecule has 1 unspecified atom stereocenters. The molecule has 1 aliphatic heterocycles. The number of aromatic nitrogens is 2. The van der Waals surface area contributed by atoms with E-state index in [9.17, 15) is 8.42 Å². The van der Waals surface area contributed by atoms with Crippen LogP contribution in [-0.4, -0.2) is 23.6 Å². The molecule has 0 saturated carbocycles. The van der Waals surface area contributed by atoms with Crippen LogP contribution in [0.5, 0.6) is 0 Å². The molecule has 0 radical (unpaired) electrons. The lowest BCUT2D eigenvalue weighted by atomic mass is 10.2. The third-order valence-corrected chi connectivity index (χ3v) is 6.01. The van der Waals surface area contributed by atoms with Crippen LogP contribution in [0.15, 0.2) is 29.0 Å². The van der Waals surface area contributed by atoms with Crippen LogP contribution in [0.4, 0.5) is 0 Å². The monoisotopic (exact) mass is 314 g/mol. The molecule has 1 atom stereocenters. The van der Waals surface area contributed by atoms with Crippen LogP contribution in [0.3, 0.4) is 0 Å². The lowest BCUT2D eigenvalue weighted by Crippen LogP contribution is -2.11. The van der Waals surface area contributed by atoms with E-state index in [2.05, 4.69) is 20.9 Å². The number of sulfone groups is 1. The summed E-state index contributed by atoms with van der Waals surface area (Å²) in [7, 11) is -3.01. The maximum absolute atomic E-state index is 11.9. The number of fused-ring (bicyclic) bond motifs is 1. The minimum atomic E-state index is -3.01. The van der Waals surface area contributed by atoms with Gasteiger partial charge in [-0.3, -0.25) is 0 Å². The Kier molecular flexibility index (Phi) is 2.52. The molecule has 3 heterocycles. The second-order valence-electron chi connectivity index (χ2n) is 4.23. The lowest BCUT2D eigenvalue weighted by Gasteiger charge is -2.08. The van der Waals surface area contributed by atoms with Gasteiger partial charge in [0.2, 0.25) is 0 Å². The Morgan fingerprint density at radius 3 is 3.00 bits per heavy atom. The van der Waals surface area contributed by atoms with Gasteiger partial charge in [0.25, 0.3) is 0 Å². The molecular formula is C11H11BrN2O2S. The second kappa shape index (κ2) is 3.81. The molecule has 0 bridgehead atoms. The van der Waals surface area contributed by atoms with Crippen LogP contribution in [-0.2, 0) is 9.84 Å². The van der Waals surface area contributed by atoms with Crippen molar-refractivity contribution < 1.29 is 8.42 Å². The summed E-state index contributed by atoms with van der Waals surface area (Å²) in [6, 6.07) is 3.80. The normalized spacial score (nSPS) is 23.2. The summed E-state index contributed by atoms with van der Waals surface area (Å²) >= 11 is 3.44. The minimum absolute atomic E-state index is 0.278. The fourth-order valence-corrected chi connectivity index (χ4v) is 4.65. The van der Waals surface area contributed by atoms with Crippen molar-refractivity contribution in [3.63, 3.8) is 0 Å². The number of halogens is 1. The zero-order valence-corrected chi connectivity index (χ0v) is 11.4. The van der Waals surface area contributed by atoms with Gasteiger partial charge >= 0.3 is 0 Å². The zero-order chi connectivity index (χ0) is 12.0. The van der Waals surface area contributed by atoms with E-state index in [1.807, 2.05) is 22.7 Å². The molecule has 1 fully saturated rings. The molecule has 0 spiro atoms. The first-order chi connectivity index (χ1) is 8.09. The smallest absolute Gasteiger partial charge is 0.160 e. The summed E-state index contributed by atoms with van der Waals surface area (Å²) in [6.07, 6.45) is 4.98. The van der Waals surface area contributed by atoms with Gasteiger partial charge in [0.1, 0.15) is 11.1 Å². The van der Waals surface area contributed by atoms with Crippen LogP contribution < -0.4 is 0 Å². The number of rotatable bonds is 1. The molecule has 1 aliphatic rings. The number of hydrogen-bond acceptors (Lipinski definition) is 3. The van der Waals surface area contributed by atoms with Crippen molar-refractivity contribution in [2.45, 2.75) is 18.1 Å². The van der Waals surface area contributed by atoms with Crippen molar-refractivity contribution in [1.29, 1.82) is 0 Å². The average molecular weight is 315 g/mol. The van der Waals surface area contributed by atoms with Gasteiger partial charge in [-0.05, 0) is 40.9 Å². The fraction of sp³-hybridized carbons (Fsp3) is 0.364. The van der Waals surface area contributed by atoms with Crippen molar-refractivity contribution in [1.82, 2.24) is 9.38 Å². The van der Waals surface area contributed by atoms with E-state index < -0.39 is 15.1 Å². The van der Waals surface area contributed by atoms with Gasteiger partial charge in [-0.15, -0.1) is 0 Å². The number of imidazole rings is 1. The standard InChI is InChI=1S/C11H11BrN2O2S/c12-8-3-1-5-14-9(8)7-13-11(14)10-4-2-6-17(10,15)16/h1,3,5,7,10H,2,4,6H2. The predicted molar refractivity (Wildman–Crippen MR) is 68.7 cm³/mol. The largest absolute Gasteiger partial charge is 0.302 e. The molecule has 90 valence electrons. The summed E-state index contributed by atoms with van der Waals surface area (Å²) in [5, 5.41) is -0.445. The SMILES string of the molecule is O=S1(=O)CCCC1c1ncc2c(Br)cccn12. The summed E-state index contributed by atoms with van der Waals surface area (Å²) in [6.45, 7) is 0. The van der Waals surface area contributed by atoms with E-state index >= 15 is 0 Å². The Bertz CT molecular complexity index is 678. The van der Waals surface area contributed by atoms with Gasteiger partial charge < -0.3 is 4.40 Å². The van der Waals surface area contributed by atoms with E-state index in [0.717, 1.165) is 16.4 Å². The molecule has 2 aromatic rings. The molecule has 17 heavy (non-hydrogen) atoms.